The van der Waals surface area contributed by atoms with Crippen LogP contribution < -0.4 is 15.2 Å². The number of carbonyl (C=O) groups excluding carboxylic acids is 3. The van der Waals surface area contributed by atoms with Gasteiger partial charge in [-0.25, -0.2) is 0 Å². The molecule has 1 fully saturated rings. The topological polar surface area (TPSA) is 98.9 Å². The molecule has 2 aromatic rings. The Morgan fingerprint density at radius 2 is 1.90 bits per heavy atom. The Kier molecular flexibility index (Phi) is 7.17. The van der Waals surface area contributed by atoms with E-state index in [1.165, 1.54) is 0 Å². The quantitative estimate of drug-likeness (QED) is 0.565. The van der Waals surface area contributed by atoms with Gasteiger partial charge >= 0.3 is 0 Å². The largest absolute Gasteiger partial charge is 0.492 e. The first kappa shape index (κ1) is 21.9. The summed E-state index contributed by atoms with van der Waals surface area (Å²) < 4.78 is 11.8. The standard InChI is InChI=1S/C21H19BrN2O5S/c1-13-2-5-16(6-3-13)28-9-8-24-20(26)18(30-21(24)27)11-14-10-15(22)4-7-17(14)29-12-19(23)25/h2-7,10-11H,8-9,12H2,1H3,(H2,23,25)/b18-11-. The Morgan fingerprint density at radius 1 is 1.17 bits per heavy atom. The predicted octanol–water partition coefficient (Wildman–Crippen LogP) is 3.74. The molecule has 0 saturated carbocycles. The zero-order valence-corrected chi connectivity index (χ0v) is 18.5. The molecule has 3 rings (SSSR count). The van der Waals surface area contributed by atoms with Crippen molar-refractivity contribution in [2.45, 2.75) is 6.92 Å². The number of amides is 3. The van der Waals surface area contributed by atoms with Gasteiger partial charge < -0.3 is 15.2 Å². The number of benzene rings is 2. The minimum absolute atomic E-state index is 0.138. The number of hydrogen-bond acceptors (Lipinski definition) is 6. The Bertz CT molecular complexity index is 1010. The van der Waals surface area contributed by atoms with Crippen molar-refractivity contribution in [2.24, 2.45) is 5.73 Å². The van der Waals surface area contributed by atoms with Crippen molar-refractivity contribution in [2.75, 3.05) is 19.8 Å². The zero-order chi connectivity index (χ0) is 21.7. The number of rotatable bonds is 8. The van der Waals surface area contributed by atoms with E-state index in [4.69, 9.17) is 15.2 Å². The van der Waals surface area contributed by atoms with Crippen molar-refractivity contribution < 1.29 is 23.9 Å². The number of nitrogens with zero attached hydrogens (tertiary/aromatic N) is 1. The van der Waals surface area contributed by atoms with Gasteiger partial charge in [0.25, 0.3) is 17.1 Å². The SMILES string of the molecule is Cc1ccc(OCCN2C(=O)S/C(=C\c3cc(Br)ccc3OCC(N)=O)C2=O)cc1. The van der Waals surface area contributed by atoms with Crippen LogP contribution in [-0.4, -0.2) is 41.7 Å². The molecular formula is C21H19BrN2O5S. The van der Waals surface area contributed by atoms with Crippen LogP contribution in [0.15, 0.2) is 51.8 Å². The fourth-order valence-electron chi connectivity index (χ4n) is 2.64. The second-order valence-corrected chi connectivity index (χ2v) is 8.34. The maximum Gasteiger partial charge on any atom is 0.293 e. The Hall–Kier alpha value is -2.78. The number of ether oxygens (including phenoxy) is 2. The van der Waals surface area contributed by atoms with Crippen molar-refractivity contribution in [3.63, 3.8) is 0 Å². The lowest BCUT2D eigenvalue weighted by molar-refractivity contribution is -0.123. The molecule has 2 aromatic carbocycles. The van der Waals surface area contributed by atoms with E-state index in [0.717, 1.165) is 26.7 Å². The van der Waals surface area contributed by atoms with E-state index in [-0.39, 0.29) is 29.9 Å². The van der Waals surface area contributed by atoms with Gasteiger partial charge in [0.1, 0.15) is 18.1 Å². The minimum Gasteiger partial charge on any atom is -0.492 e. The van der Waals surface area contributed by atoms with E-state index < -0.39 is 11.8 Å². The molecule has 0 atom stereocenters. The summed E-state index contributed by atoms with van der Waals surface area (Å²) in [4.78, 5) is 37.4. The molecule has 0 spiro atoms. The summed E-state index contributed by atoms with van der Waals surface area (Å²) in [5.41, 5.74) is 6.79. The molecule has 3 amide bonds. The third-order valence-corrected chi connectivity index (χ3v) is 5.51. The van der Waals surface area contributed by atoms with Gasteiger partial charge in [0.05, 0.1) is 11.4 Å². The van der Waals surface area contributed by atoms with E-state index in [9.17, 15) is 14.4 Å². The van der Waals surface area contributed by atoms with Gasteiger partial charge in [-0.2, -0.15) is 0 Å². The summed E-state index contributed by atoms with van der Waals surface area (Å²) in [5, 5.41) is -0.367. The lowest BCUT2D eigenvalue weighted by Crippen LogP contribution is -2.32. The lowest BCUT2D eigenvalue weighted by Gasteiger charge is -2.13. The van der Waals surface area contributed by atoms with Gasteiger partial charge in [0.2, 0.25) is 0 Å². The van der Waals surface area contributed by atoms with Crippen LogP contribution in [0, 0.1) is 6.92 Å². The summed E-state index contributed by atoms with van der Waals surface area (Å²) >= 11 is 4.21. The molecule has 1 heterocycles. The Balaban J connectivity index is 1.69. The number of aryl methyl sites for hydroxylation is 1. The zero-order valence-electron chi connectivity index (χ0n) is 16.1. The van der Waals surface area contributed by atoms with Crippen LogP contribution in [0.4, 0.5) is 4.79 Å². The van der Waals surface area contributed by atoms with Crippen molar-refractivity contribution in [1.29, 1.82) is 0 Å². The van der Waals surface area contributed by atoms with Crippen molar-refractivity contribution in [1.82, 2.24) is 4.90 Å². The van der Waals surface area contributed by atoms with Gasteiger partial charge in [-0.15, -0.1) is 0 Å². The highest BCUT2D eigenvalue weighted by atomic mass is 79.9. The second-order valence-electron chi connectivity index (χ2n) is 6.43. The summed E-state index contributed by atoms with van der Waals surface area (Å²) in [6, 6.07) is 12.6. The summed E-state index contributed by atoms with van der Waals surface area (Å²) in [6.45, 7) is 2.02. The first-order chi connectivity index (χ1) is 14.3. The van der Waals surface area contributed by atoms with E-state index in [0.29, 0.717) is 17.1 Å². The third-order valence-electron chi connectivity index (χ3n) is 4.11. The van der Waals surface area contributed by atoms with Crippen LogP contribution in [0.25, 0.3) is 6.08 Å². The number of hydrogen-bond donors (Lipinski definition) is 1. The van der Waals surface area contributed by atoms with Crippen LogP contribution in [0.5, 0.6) is 11.5 Å². The first-order valence-corrected chi connectivity index (χ1v) is 10.6. The number of imide groups is 1. The summed E-state index contributed by atoms with van der Waals surface area (Å²) in [7, 11) is 0. The van der Waals surface area contributed by atoms with Crippen LogP contribution in [0.2, 0.25) is 0 Å². The average Bonchev–Trinajstić information content (AvgIpc) is 2.96. The highest BCUT2D eigenvalue weighted by Gasteiger charge is 2.35. The minimum atomic E-state index is -0.613. The second kappa shape index (κ2) is 9.82. The van der Waals surface area contributed by atoms with Gasteiger partial charge in [0.15, 0.2) is 6.61 Å². The van der Waals surface area contributed by atoms with E-state index in [1.54, 1.807) is 24.3 Å². The Labute approximate surface area is 186 Å². The molecule has 9 heteroatoms. The molecule has 156 valence electrons. The molecule has 0 aromatic heterocycles. The normalized spacial score (nSPS) is 15.0. The van der Waals surface area contributed by atoms with Crippen LogP contribution in [0.3, 0.4) is 0 Å². The number of carbonyl (C=O) groups is 3. The number of thioether (sulfide) groups is 1. The highest BCUT2D eigenvalue weighted by molar-refractivity contribution is 9.10. The molecule has 1 aliphatic rings. The van der Waals surface area contributed by atoms with E-state index >= 15 is 0 Å². The molecule has 0 unspecified atom stereocenters. The number of nitrogens with two attached hydrogens (primary N) is 1. The third kappa shape index (κ3) is 5.64. The van der Waals surface area contributed by atoms with Crippen LogP contribution >= 0.6 is 27.7 Å². The molecule has 1 aliphatic heterocycles. The van der Waals surface area contributed by atoms with Crippen molar-refractivity contribution >= 4 is 50.8 Å². The number of primary amides is 1. The van der Waals surface area contributed by atoms with Crippen molar-refractivity contribution in [3.8, 4) is 11.5 Å². The van der Waals surface area contributed by atoms with Gasteiger partial charge in [0, 0.05) is 10.0 Å². The van der Waals surface area contributed by atoms with Crippen molar-refractivity contribution in [3.05, 3.63) is 63.0 Å². The maximum absolute atomic E-state index is 12.7. The molecule has 0 aliphatic carbocycles. The summed E-state index contributed by atoms with van der Waals surface area (Å²) in [6.07, 6.45) is 1.56. The monoisotopic (exact) mass is 490 g/mol. The van der Waals surface area contributed by atoms with Gasteiger partial charge in [-0.3, -0.25) is 19.3 Å². The fraction of sp³-hybridized carbons (Fsp3) is 0.190. The molecule has 2 N–H and O–H groups in total. The van der Waals surface area contributed by atoms with Crippen LogP contribution in [0.1, 0.15) is 11.1 Å². The van der Waals surface area contributed by atoms with Crippen LogP contribution in [-0.2, 0) is 9.59 Å². The smallest absolute Gasteiger partial charge is 0.293 e. The van der Waals surface area contributed by atoms with Gasteiger partial charge in [-0.05, 0) is 55.1 Å². The number of halogens is 1. The van der Waals surface area contributed by atoms with Gasteiger partial charge in [-0.1, -0.05) is 33.6 Å². The Morgan fingerprint density at radius 3 is 2.60 bits per heavy atom. The van der Waals surface area contributed by atoms with E-state index in [1.807, 2.05) is 31.2 Å². The molecule has 30 heavy (non-hydrogen) atoms. The lowest BCUT2D eigenvalue weighted by atomic mass is 10.2. The average molecular weight is 491 g/mol. The molecular weight excluding hydrogens is 472 g/mol. The first-order valence-electron chi connectivity index (χ1n) is 8.99. The molecule has 0 bridgehead atoms. The molecule has 7 nitrogen and oxygen atoms in total. The highest BCUT2D eigenvalue weighted by Crippen LogP contribution is 2.34. The summed E-state index contributed by atoms with van der Waals surface area (Å²) in [5.74, 6) is 0.0381. The molecule has 0 radical (unpaired) electrons. The maximum atomic E-state index is 12.7. The predicted molar refractivity (Wildman–Crippen MR) is 118 cm³/mol. The fourth-order valence-corrected chi connectivity index (χ4v) is 3.87. The van der Waals surface area contributed by atoms with E-state index in [2.05, 4.69) is 15.9 Å². The molecule has 1 saturated heterocycles.